The Hall–Kier alpha value is -3.51. The number of likely N-dealkylation sites (tertiary alicyclic amines) is 1. The monoisotopic (exact) mass is 741 g/mol. The third-order valence-electron chi connectivity index (χ3n) is 9.44. The second-order valence-electron chi connectivity index (χ2n) is 12.5. The van der Waals surface area contributed by atoms with Crippen LogP contribution in [0.5, 0.6) is 0 Å². The highest BCUT2D eigenvalue weighted by molar-refractivity contribution is 9.09. The number of aliphatic hydroxyl groups excluding tert-OH is 1. The summed E-state index contributed by atoms with van der Waals surface area (Å²) >= 11 is 10.4. The van der Waals surface area contributed by atoms with E-state index in [1.807, 2.05) is 19.1 Å². The molecule has 1 spiro atoms. The summed E-state index contributed by atoms with van der Waals surface area (Å²) in [6, 6.07) is 12.1. The van der Waals surface area contributed by atoms with E-state index in [0.29, 0.717) is 22.7 Å². The molecule has 0 aromatic heterocycles. The van der Waals surface area contributed by atoms with Gasteiger partial charge in [-0.25, -0.2) is 0 Å². The van der Waals surface area contributed by atoms with Gasteiger partial charge in [-0.15, -0.1) is 13.2 Å². The van der Waals surface area contributed by atoms with E-state index in [1.54, 1.807) is 55.5 Å². The van der Waals surface area contributed by atoms with Crippen LogP contribution in [0.25, 0.3) is 0 Å². The van der Waals surface area contributed by atoms with E-state index in [1.165, 1.54) is 9.80 Å². The van der Waals surface area contributed by atoms with E-state index in [0.717, 1.165) is 5.56 Å². The highest BCUT2D eigenvalue weighted by Crippen LogP contribution is 2.61. The number of nitrogens with one attached hydrogen (secondary N) is 1. The van der Waals surface area contributed by atoms with Crippen molar-refractivity contribution < 1.29 is 33.8 Å². The summed E-state index contributed by atoms with van der Waals surface area (Å²) in [5.41, 5.74) is 0.415. The number of allylic oxidation sites excluding steroid dienone is 1. The molecule has 3 saturated heterocycles. The van der Waals surface area contributed by atoms with E-state index in [4.69, 9.17) is 21.1 Å². The highest BCUT2D eigenvalue weighted by atomic mass is 79.9. The van der Waals surface area contributed by atoms with Gasteiger partial charge in [-0.1, -0.05) is 82.1 Å². The lowest BCUT2D eigenvalue weighted by atomic mass is 9.70. The molecule has 12 heteroatoms. The van der Waals surface area contributed by atoms with E-state index in [9.17, 15) is 19.5 Å². The molecule has 2 bridgehead atoms. The van der Waals surface area contributed by atoms with Crippen LogP contribution < -0.4 is 10.2 Å². The van der Waals surface area contributed by atoms with Gasteiger partial charge in [-0.05, 0) is 43.9 Å². The fourth-order valence-corrected chi connectivity index (χ4v) is 8.68. The predicted octanol–water partition coefficient (Wildman–Crippen LogP) is 4.66. The molecule has 48 heavy (non-hydrogen) atoms. The number of halogens is 2. The van der Waals surface area contributed by atoms with Crippen LogP contribution in [0.3, 0.4) is 0 Å². The summed E-state index contributed by atoms with van der Waals surface area (Å²) in [6.07, 6.45) is 2.83. The fourth-order valence-electron chi connectivity index (χ4n) is 7.41. The van der Waals surface area contributed by atoms with Crippen molar-refractivity contribution in [3.8, 4) is 0 Å². The second kappa shape index (κ2) is 14.9. The molecule has 256 valence electrons. The average molecular weight is 743 g/mol. The number of alkyl halides is 1. The summed E-state index contributed by atoms with van der Waals surface area (Å²) in [4.78, 5) is 58.4. The molecule has 3 fully saturated rings. The van der Waals surface area contributed by atoms with Crippen LogP contribution in [0.1, 0.15) is 43.4 Å². The molecular weight excluding hydrogens is 702 g/mol. The highest BCUT2D eigenvalue weighted by Gasteiger charge is 2.77. The maximum absolute atomic E-state index is 15.0. The van der Waals surface area contributed by atoms with Gasteiger partial charge in [0.1, 0.15) is 17.7 Å². The Bertz CT molecular complexity index is 1550. The molecular formula is C36H41BrClN3O7. The van der Waals surface area contributed by atoms with Crippen molar-refractivity contribution in [2.75, 3.05) is 24.6 Å². The van der Waals surface area contributed by atoms with Gasteiger partial charge in [0.2, 0.25) is 11.8 Å². The third-order valence-corrected chi connectivity index (χ3v) is 10.6. The van der Waals surface area contributed by atoms with Gasteiger partial charge in [-0.3, -0.25) is 19.2 Å². The molecule has 3 aliphatic rings. The summed E-state index contributed by atoms with van der Waals surface area (Å²) in [5, 5.41) is 13.9. The van der Waals surface area contributed by atoms with E-state index in [2.05, 4.69) is 34.4 Å². The maximum atomic E-state index is 15.0. The average Bonchev–Trinajstić information content (AvgIpc) is 3.66. The number of amides is 3. The number of anilines is 1. The predicted molar refractivity (Wildman–Crippen MR) is 186 cm³/mol. The number of hydrogen-bond donors (Lipinski definition) is 2. The third kappa shape index (κ3) is 6.45. The zero-order chi connectivity index (χ0) is 34.7. The first-order chi connectivity index (χ1) is 23.0. The number of carbonyl (C=O) groups is 4. The minimum atomic E-state index is -1.42. The molecule has 2 N–H and O–H groups in total. The number of fused-ring (bicyclic) bond motifs is 1. The van der Waals surface area contributed by atoms with E-state index >= 15 is 4.79 Å². The van der Waals surface area contributed by atoms with Crippen LogP contribution >= 0.6 is 27.5 Å². The molecule has 0 aliphatic carbocycles. The Morgan fingerprint density at radius 3 is 2.58 bits per heavy atom. The number of hydrogen-bond acceptors (Lipinski definition) is 7. The minimum Gasteiger partial charge on any atom is -0.460 e. The number of ether oxygens (including phenoxy) is 2. The van der Waals surface area contributed by atoms with E-state index < -0.39 is 66.1 Å². The maximum Gasteiger partial charge on any atom is 0.312 e. The van der Waals surface area contributed by atoms with Crippen molar-refractivity contribution in [1.82, 2.24) is 10.2 Å². The van der Waals surface area contributed by atoms with Crippen LogP contribution in [-0.4, -0.2) is 82.1 Å². The van der Waals surface area contributed by atoms with Crippen molar-refractivity contribution in [2.45, 2.75) is 67.8 Å². The van der Waals surface area contributed by atoms with Crippen molar-refractivity contribution in [3.05, 3.63) is 90.0 Å². The summed E-state index contributed by atoms with van der Waals surface area (Å²) < 4.78 is 12.5. The first-order valence-electron chi connectivity index (χ1n) is 16.1. The van der Waals surface area contributed by atoms with Crippen molar-refractivity contribution in [1.29, 1.82) is 0 Å². The van der Waals surface area contributed by atoms with Crippen LogP contribution in [0, 0.1) is 18.8 Å². The van der Waals surface area contributed by atoms with E-state index in [-0.39, 0.29) is 36.7 Å². The Morgan fingerprint density at radius 1 is 1.21 bits per heavy atom. The largest absolute Gasteiger partial charge is 0.460 e. The normalized spacial score (nSPS) is 26.8. The Kier molecular flexibility index (Phi) is 11.1. The molecule has 3 aliphatic heterocycles. The van der Waals surface area contributed by atoms with Crippen molar-refractivity contribution in [2.24, 2.45) is 11.8 Å². The first kappa shape index (κ1) is 35.8. The molecule has 5 rings (SSSR count). The molecule has 0 radical (unpaired) electrons. The quantitative estimate of drug-likeness (QED) is 0.164. The van der Waals surface area contributed by atoms with Gasteiger partial charge < -0.3 is 29.7 Å². The summed E-state index contributed by atoms with van der Waals surface area (Å²) in [7, 11) is 0. The Balaban J connectivity index is 1.55. The number of aryl methyl sites for hydroxylation is 1. The standard InChI is InChI=1S/C36H41BrClN3O7/c1-5-7-16-27(43)39-19-22(4)47-35(46)28-29-33(44)41(26(20-42)23-13-9-8-10-14-23)32(36(29)18-24(37)31(28)48-36)34(45)40(17-6-2)30-21(3)12-11-15-25(30)38/h5-6,8-15,22,24,26,28-29,31-32,42H,1-2,7,16-20H2,3-4H3,(H,39,43)/t22-,24?,26+,28+,29-,31+,32+,36-/m0/s1. The molecule has 3 heterocycles. The van der Waals surface area contributed by atoms with Crippen molar-refractivity contribution in [3.63, 3.8) is 0 Å². The van der Waals surface area contributed by atoms with Crippen LogP contribution in [0.2, 0.25) is 5.02 Å². The lowest BCUT2D eigenvalue weighted by Gasteiger charge is -2.40. The SMILES string of the molecule is C=CCCC(=O)NC[C@H](C)OC(=O)[C@H]1[C@@H]2O[C@@]3(CC2Br)[C@@H]1C(=O)N([C@H](CO)c1ccccc1)[C@@H]3C(=O)N(CC=C)c1c(C)cccc1Cl. The van der Waals surface area contributed by atoms with Gasteiger partial charge in [0.15, 0.2) is 0 Å². The molecule has 10 nitrogen and oxygen atoms in total. The van der Waals surface area contributed by atoms with Crippen molar-refractivity contribution >= 4 is 56.9 Å². The number of benzene rings is 2. The Morgan fingerprint density at radius 2 is 1.94 bits per heavy atom. The number of aliphatic hydroxyl groups is 1. The first-order valence-corrected chi connectivity index (χ1v) is 17.3. The zero-order valence-electron chi connectivity index (χ0n) is 27.0. The van der Waals surface area contributed by atoms with Crippen LogP contribution in [0.15, 0.2) is 73.8 Å². The lowest BCUT2D eigenvalue weighted by Crippen LogP contribution is -2.57. The number of nitrogens with zero attached hydrogens (tertiary/aromatic N) is 2. The molecule has 8 atom stereocenters. The van der Waals surface area contributed by atoms with Crippen LogP contribution in [-0.2, 0) is 28.7 Å². The van der Waals surface area contributed by atoms with Gasteiger partial charge >= 0.3 is 5.97 Å². The van der Waals surface area contributed by atoms with Gasteiger partial charge in [0.25, 0.3) is 5.91 Å². The second-order valence-corrected chi connectivity index (χ2v) is 14.1. The molecule has 2 aromatic carbocycles. The molecule has 2 aromatic rings. The molecule has 1 unspecified atom stereocenters. The number of esters is 1. The van der Waals surface area contributed by atoms with Gasteiger partial charge in [0.05, 0.1) is 47.8 Å². The van der Waals surface area contributed by atoms with Gasteiger partial charge in [0, 0.05) is 17.8 Å². The number of rotatable bonds is 14. The lowest BCUT2D eigenvalue weighted by molar-refractivity contribution is -0.159. The smallest absolute Gasteiger partial charge is 0.312 e. The molecule has 0 saturated carbocycles. The summed E-state index contributed by atoms with van der Waals surface area (Å²) in [5.74, 6) is -3.92. The fraction of sp³-hybridized carbons (Fsp3) is 0.444. The summed E-state index contributed by atoms with van der Waals surface area (Å²) in [6.45, 7) is 10.7. The number of carbonyl (C=O) groups excluding carboxylic acids is 4. The zero-order valence-corrected chi connectivity index (χ0v) is 29.4. The van der Waals surface area contributed by atoms with Gasteiger partial charge in [-0.2, -0.15) is 0 Å². The topological polar surface area (TPSA) is 125 Å². The Labute approximate surface area is 294 Å². The number of para-hydroxylation sites is 1. The minimum absolute atomic E-state index is 0.0838. The molecule has 3 amide bonds. The van der Waals surface area contributed by atoms with Crippen LogP contribution in [0.4, 0.5) is 5.69 Å².